The minimum absolute atomic E-state index is 0.0856. The zero-order valence-electron chi connectivity index (χ0n) is 17.9. The molecule has 5 aromatic rings. The first-order valence-corrected chi connectivity index (χ1v) is 10.5. The van der Waals surface area contributed by atoms with E-state index in [1.807, 2.05) is 17.7 Å². The lowest BCUT2D eigenvalue weighted by molar-refractivity contribution is 0.571. The zero-order valence-corrected chi connectivity index (χ0v) is 17.9. The maximum absolute atomic E-state index is 13.4. The SMILES string of the molecule is CCC1c2nncn2-c2cnc(-n3ccnc3-c3ccc(F)cc3)nc2N1c1ccnn1C. The summed E-state index contributed by atoms with van der Waals surface area (Å²) in [6, 6.07) is 8.05. The van der Waals surface area contributed by atoms with Gasteiger partial charge in [-0.2, -0.15) is 10.1 Å². The third kappa shape index (κ3) is 2.93. The number of aromatic nitrogens is 9. The highest BCUT2D eigenvalue weighted by molar-refractivity contribution is 5.70. The first-order valence-electron chi connectivity index (χ1n) is 10.5. The molecule has 6 rings (SSSR count). The van der Waals surface area contributed by atoms with Gasteiger partial charge in [-0.25, -0.2) is 14.4 Å². The van der Waals surface area contributed by atoms with Crippen molar-refractivity contribution >= 4 is 11.6 Å². The Hall–Kier alpha value is -4.41. The molecule has 4 aromatic heterocycles. The molecule has 0 amide bonds. The fourth-order valence-electron chi connectivity index (χ4n) is 4.25. The first-order chi connectivity index (χ1) is 16.2. The van der Waals surface area contributed by atoms with Crippen LogP contribution in [-0.2, 0) is 7.05 Å². The van der Waals surface area contributed by atoms with Crippen LogP contribution in [0.1, 0.15) is 25.2 Å². The lowest BCUT2D eigenvalue weighted by Gasteiger charge is -2.36. The van der Waals surface area contributed by atoms with E-state index in [2.05, 4.69) is 37.1 Å². The molecular weight excluding hydrogens is 423 g/mol. The molecule has 33 heavy (non-hydrogen) atoms. The Balaban J connectivity index is 1.55. The van der Waals surface area contributed by atoms with E-state index in [-0.39, 0.29) is 11.9 Å². The van der Waals surface area contributed by atoms with Crippen LogP contribution in [0.4, 0.5) is 16.0 Å². The fourth-order valence-corrected chi connectivity index (χ4v) is 4.25. The molecule has 0 spiro atoms. The predicted molar refractivity (Wildman–Crippen MR) is 118 cm³/mol. The van der Waals surface area contributed by atoms with Crippen molar-refractivity contribution in [2.45, 2.75) is 19.4 Å². The number of nitrogens with zero attached hydrogens (tertiary/aromatic N) is 10. The molecule has 1 aromatic carbocycles. The summed E-state index contributed by atoms with van der Waals surface area (Å²) in [6.45, 7) is 2.10. The molecule has 1 aliphatic heterocycles. The Kier molecular flexibility index (Phi) is 4.28. The van der Waals surface area contributed by atoms with Gasteiger partial charge in [-0.1, -0.05) is 6.92 Å². The molecule has 5 heterocycles. The molecule has 0 saturated carbocycles. The molecule has 10 nitrogen and oxygen atoms in total. The number of hydrogen-bond donors (Lipinski definition) is 0. The summed E-state index contributed by atoms with van der Waals surface area (Å²) in [5.74, 6) is 3.17. The summed E-state index contributed by atoms with van der Waals surface area (Å²) >= 11 is 0. The summed E-state index contributed by atoms with van der Waals surface area (Å²) < 4.78 is 19.0. The van der Waals surface area contributed by atoms with Gasteiger partial charge in [0.15, 0.2) is 11.6 Å². The van der Waals surface area contributed by atoms with Crippen LogP contribution in [-0.4, -0.2) is 44.1 Å². The van der Waals surface area contributed by atoms with E-state index in [0.29, 0.717) is 17.6 Å². The minimum Gasteiger partial charge on any atom is -0.298 e. The van der Waals surface area contributed by atoms with E-state index in [1.165, 1.54) is 12.1 Å². The van der Waals surface area contributed by atoms with E-state index in [4.69, 9.17) is 4.98 Å². The fraction of sp³-hybridized carbons (Fsp3) is 0.182. The molecule has 11 heteroatoms. The van der Waals surface area contributed by atoms with Gasteiger partial charge in [-0.15, -0.1) is 10.2 Å². The average molecular weight is 442 g/mol. The second-order valence-corrected chi connectivity index (χ2v) is 7.67. The van der Waals surface area contributed by atoms with Crippen LogP contribution in [0.2, 0.25) is 0 Å². The molecule has 0 N–H and O–H groups in total. The Morgan fingerprint density at radius 3 is 2.64 bits per heavy atom. The quantitative estimate of drug-likeness (QED) is 0.421. The molecule has 0 aliphatic carbocycles. The number of imidazole rings is 1. The van der Waals surface area contributed by atoms with Crippen LogP contribution in [0.5, 0.6) is 0 Å². The van der Waals surface area contributed by atoms with Crippen LogP contribution >= 0.6 is 0 Å². The van der Waals surface area contributed by atoms with Crippen LogP contribution in [0, 0.1) is 5.82 Å². The number of benzene rings is 1. The number of anilines is 2. The second-order valence-electron chi connectivity index (χ2n) is 7.67. The zero-order chi connectivity index (χ0) is 22.5. The summed E-state index contributed by atoms with van der Waals surface area (Å²) in [7, 11) is 1.89. The van der Waals surface area contributed by atoms with Gasteiger partial charge in [-0.3, -0.25) is 18.7 Å². The van der Waals surface area contributed by atoms with Crippen LogP contribution in [0.15, 0.2) is 61.4 Å². The van der Waals surface area contributed by atoms with Crippen LogP contribution in [0.3, 0.4) is 0 Å². The normalized spacial score (nSPS) is 14.9. The Bertz CT molecular complexity index is 1450. The third-order valence-electron chi connectivity index (χ3n) is 5.80. The summed E-state index contributed by atoms with van der Waals surface area (Å²) in [5.41, 5.74) is 1.53. The third-order valence-corrected chi connectivity index (χ3v) is 5.80. The summed E-state index contributed by atoms with van der Waals surface area (Å²) in [4.78, 5) is 16.1. The number of rotatable bonds is 4. The topological polar surface area (TPSA) is 95.4 Å². The standard InChI is InChI=1S/C22H19FN10/c1-3-16-21-29-26-13-32(21)17-12-25-22(28-20(17)33(16)18-8-9-27-30(18)2)31-11-10-24-19(31)14-4-6-15(23)7-5-14/h4-13,16H,3H2,1-2H3. The Morgan fingerprint density at radius 1 is 1.03 bits per heavy atom. The van der Waals surface area contributed by atoms with Crippen molar-refractivity contribution in [2.24, 2.45) is 7.05 Å². The maximum atomic E-state index is 13.4. The lowest BCUT2D eigenvalue weighted by Crippen LogP contribution is -2.33. The minimum atomic E-state index is -0.302. The molecule has 1 aliphatic rings. The molecule has 0 saturated heterocycles. The van der Waals surface area contributed by atoms with E-state index in [1.54, 1.807) is 52.5 Å². The van der Waals surface area contributed by atoms with Crippen molar-refractivity contribution in [1.29, 1.82) is 0 Å². The molecule has 1 unspecified atom stereocenters. The largest absolute Gasteiger partial charge is 0.298 e. The Morgan fingerprint density at radius 2 is 1.88 bits per heavy atom. The van der Waals surface area contributed by atoms with Gasteiger partial charge in [-0.05, 0) is 30.7 Å². The highest BCUT2D eigenvalue weighted by atomic mass is 19.1. The number of aryl methyl sites for hydroxylation is 1. The van der Waals surface area contributed by atoms with Crippen LogP contribution in [0.25, 0.3) is 23.0 Å². The van der Waals surface area contributed by atoms with Crippen molar-refractivity contribution in [2.75, 3.05) is 4.90 Å². The molecule has 0 radical (unpaired) electrons. The Labute approximate surface area is 188 Å². The molecule has 1 atom stereocenters. The molecule has 164 valence electrons. The lowest BCUT2D eigenvalue weighted by atomic mass is 10.1. The van der Waals surface area contributed by atoms with E-state index < -0.39 is 0 Å². The van der Waals surface area contributed by atoms with Crippen molar-refractivity contribution in [3.63, 3.8) is 0 Å². The smallest absolute Gasteiger partial charge is 0.237 e. The van der Waals surface area contributed by atoms with Crippen LogP contribution < -0.4 is 4.90 Å². The summed E-state index contributed by atoms with van der Waals surface area (Å²) in [5, 5.41) is 12.9. The van der Waals surface area contributed by atoms with Gasteiger partial charge in [0.25, 0.3) is 0 Å². The highest BCUT2D eigenvalue weighted by Gasteiger charge is 2.36. The van der Waals surface area contributed by atoms with Gasteiger partial charge >= 0.3 is 0 Å². The maximum Gasteiger partial charge on any atom is 0.237 e. The van der Waals surface area contributed by atoms with E-state index in [0.717, 1.165) is 29.3 Å². The van der Waals surface area contributed by atoms with Gasteiger partial charge in [0.1, 0.15) is 29.5 Å². The number of halogens is 1. The van der Waals surface area contributed by atoms with Crippen molar-refractivity contribution < 1.29 is 4.39 Å². The summed E-state index contributed by atoms with van der Waals surface area (Å²) in [6.07, 6.45) is 9.45. The average Bonchev–Trinajstić information content (AvgIpc) is 3.59. The van der Waals surface area contributed by atoms with Gasteiger partial charge < -0.3 is 0 Å². The van der Waals surface area contributed by atoms with Gasteiger partial charge in [0.05, 0.1) is 18.4 Å². The van der Waals surface area contributed by atoms with Gasteiger partial charge in [0.2, 0.25) is 5.95 Å². The molecule has 0 bridgehead atoms. The van der Waals surface area contributed by atoms with E-state index >= 15 is 0 Å². The van der Waals surface area contributed by atoms with Crippen molar-refractivity contribution in [1.82, 2.24) is 44.1 Å². The first kappa shape index (κ1) is 19.3. The monoisotopic (exact) mass is 442 g/mol. The highest BCUT2D eigenvalue weighted by Crippen LogP contribution is 2.42. The van der Waals surface area contributed by atoms with E-state index in [9.17, 15) is 4.39 Å². The van der Waals surface area contributed by atoms with Crippen molar-refractivity contribution in [3.8, 4) is 23.0 Å². The second kappa shape index (κ2) is 7.33. The van der Waals surface area contributed by atoms with Crippen molar-refractivity contribution in [3.05, 3.63) is 73.1 Å². The molecule has 0 fully saturated rings. The predicted octanol–water partition coefficient (Wildman–Crippen LogP) is 3.39. The molecular formula is C22H19FN10. The van der Waals surface area contributed by atoms with Gasteiger partial charge in [0, 0.05) is 31.1 Å². The number of hydrogen-bond acceptors (Lipinski definition) is 7. The number of fused-ring (bicyclic) bond motifs is 3.